The highest BCUT2D eigenvalue weighted by Crippen LogP contribution is 2.20. The molecule has 33 heavy (non-hydrogen) atoms. The van der Waals surface area contributed by atoms with Crippen LogP contribution in [0.25, 0.3) is 0 Å². The van der Waals surface area contributed by atoms with E-state index in [1.807, 2.05) is 44.2 Å². The lowest BCUT2D eigenvalue weighted by molar-refractivity contribution is 0.0955. The van der Waals surface area contributed by atoms with Gasteiger partial charge in [0.15, 0.2) is 0 Å². The Bertz CT molecular complexity index is 1190. The minimum atomic E-state index is -3.46. The summed E-state index contributed by atoms with van der Waals surface area (Å²) in [5.41, 5.74) is 5.08. The van der Waals surface area contributed by atoms with Crippen molar-refractivity contribution in [2.24, 2.45) is 5.10 Å². The number of hydrogen-bond acceptors (Lipinski definition) is 5. The molecule has 0 radical (unpaired) electrons. The van der Waals surface area contributed by atoms with E-state index in [1.54, 1.807) is 54.7 Å². The molecule has 3 aromatic rings. The van der Waals surface area contributed by atoms with E-state index in [0.29, 0.717) is 11.3 Å². The van der Waals surface area contributed by atoms with Gasteiger partial charge in [0.2, 0.25) is 10.0 Å². The number of amides is 1. The molecule has 0 aromatic heterocycles. The van der Waals surface area contributed by atoms with E-state index in [-0.39, 0.29) is 18.6 Å². The minimum absolute atomic E-state index is 0.1000. The van der Waals surface area contributed by atoms with Gasteiger partial charge in [-0.2, -0.15) is 5.10 Å². The Kier molecular flexibility index (Phi) is 7.84. The zero-order valence-electron chi connectivity index (χ0n) is 18.8. The first kappa shape index (κ1) is 24.0. The first-order valence-electron chi connectivity index (χ1n) is 10.4. The predicted molar refractivity (Wildman–Crippen MR) is 131 cm³/mol. The molecular weight excluding hydrogens is 438 g/mol. The second-order valence-corrected chi connectivity index (χ2v) is 9.64. The van der Waals surface area contributed by atoms with E-state index < -0.39 is 10.0 Å². The van der Waals surface area contributed by atoms with Gasteiger partial charge in [0.05, 0.1) is 30.8 Å². The second-order valence-electron chi connectivity index (χ2n) is 7.74. The summed E-state index contributed by atoms with van der Waals surface area (Å²) >= 11 is 0. The molecule has 1 N–H and O–H groups in total. The molecule has 0 aliphatic rings. The van der Waals surface area contributed by atoms with Crippen LogP contribution in [-0.2, 0) is 16.6 Å². The topological polar surface area (TPSA) is 88.1 Å². The number of benzene rings is 3. The van der Waals surface area contributed by atoms with Crippen LogP contribution >= 0.6 is 0 Å². The maximum absolute atomic E-state index is 12.4. The molecule has 3 rings (SSSR count). The molecule has 1 amide bonds. The quantitative estimate of drug-likeness (QED) is 0.379. The number of rotatable bonds is 9. The third-order valence-corrected chi connectivity index (χ3v) is 5.76. The third kappa shape index (κ3) is 7.18. The molecule has 0 spiro atoms. The number of nitrogens with one attached hydrogen (secondary N) is 1. The molecule has 8 heteroatoms. The Morgan fingerprint density at radius 1 is 1.00 bits per heavy atom. The lowest BCUT2D eigenvalue weighted by atomic mass is 10.1. The average molecular weight is 466 g/mol. The van der Waals surface area contributed by atoms with Crippen LogP contribution in [-0.4, -0.2) is 32.9 Å². The van der Waals surface area contributed by atoms with Crippen LogP contribution in [0.1, 0.15) is 35.3 Å². The Morgan fingerprint density at radius 3 is 2.21 bits per heavy atom. The number of para-hydroxylation sites is 1. The van der Waals surface area contributed by atoms with Crippen LogP contribution in [0, 0.1) is 0 Å². The van der Waals surface area contributed by atoms with Gasteiger partial charge in [0, 0.05) is 5.56 Å². The van der Waals surface area contributed by atoms with Crippen LogP contribution in [0.15, 0.2) is 84.0 Å². The molecule has 172 valence electrons. The first-order chi connectivity index (χ1) is 15.7. The molecule has 0 aliphatic heterocycles. The first-order valence-corrected chi connectivity index (χ1v) is 12.3. The van der Waals surface area contributed by atoms with Gasteiger partial charge < -0.3 is 4.74 Å². The third-order valence-electron chi connectivity index (χ3n) is 4.62. The Balaban J connectivity index is 1.61. The summed E-state index contributed by atoms with van der Waals surface area (Å²) < 4.78 is 31.4. The molecule has 0 saturated heterocycles. The molecule has 0 heterocycles. The second kappa shape index (κ2) is 10.8. The smallest absolute Gasteiger partial charge is 0.271 e. The number of sulfonamides is 1. The maximum atomic E-state index is 12.4. The Morgan fingerprint density at radius 2 is 1.64 bits per heavy atom. The van der Waals surface area contributed by atoms with Crippen molar-refractivity contribution in [3.63, 3.8) is 0 Å². The standard InChI is InChI=1S/C25H27N3O4S/c1-19(2)32-24-15-11-20(12-16-24)17-26-27-25(29)22-13-9-21(10-14-22)18-28(33(3,30)31)23-7-5-4-6-8-23/h4-17,19H,18H2,1-3H3,(H,27,29)/b26-17+. The van der Waals surface area contributed by atoms with E-state index in [1.165, 1.54) is 10.6 Å². The van der Waals surface area contributed by atoms with Crippen molar-refractivity contribution in [2.45, 2.75) is 26.5 Å². The zero-order chi connectivity index (χ0) is 23.8. The maximum Gasteiger partial charge on any atom is 0.271 e. The molecule has 0 atom stereocenters. The average Bonchev–Trinajstić information content (AvgIpc) is 2.78. The van der Waals surface area contributed by atoms with Crippen LogP contribution in [0.4, 0.5) is 5.69 Å². The minimum Gasteiger partial charge on any atom is -0.491 e. The number of carbonyl (C=O) groups is 1. The number of carbonyl (C=O) groups excluding carboxylic acids is 1. The molecule has 0 bridgehead atoms. The number of ether oxygens (including phenoxy) is 1. The fourth-order valence-electron chi connectivity index (χ4n) is 3.06. The molecule has 3 aromatic carbocycles. The summed E-state index contributed by atoms with van der Waals surface area (Å²) in [6.07, 6.45) is 2.82. The summed E-state index contributed by atoms with van der Waals surface area (Å²) in [6, 6.07) is 23.0. The van der Waals surface area contributed by atoms with Crippen LogP contribution < -0.4 is 14.5 Å². The highest BCUT2D eigenvalue weighted by molar-refractivity contribution is 7.92. The highest BCUT2D eigenvalue weighted by Gasteiger charge is 2.17. The largest absolute Gasteiger partial charge is 0.491 e. The van der Waals surface area contributed by atoms with Gasteiger partial charge in [-0.15, -0.1) is 0 Å². The van der Waals surface area contributed by atoms with E-state index in [2.05, 4.69) is 10.5 Å². The van der Waals surface area contributed by atoms with Crippen molar-refractivity contribution in [3.8, 4) is 5.75 Å². The summed E-state index contributed by atoms with van der Waals surface area (Å²) in [5, 5.41) is 4.00. The van der Waals surface area contributed by atoms with Crippen molar-refractivity contribution in [1.29, 1.82) is 0 Å². The summed E-state index contributed by atoms with van der Waals surface area (Å²) in [7, 11) is -3.46. The Labute approximate surface area is 194 Å². The summed E-state index contributed by atoms with van der Waals surface area (Å²) in [5.74, 6) is 0.411. The van der Waals surface area contributed by atoms with Gasteiger partial charge in [-0.1, -0.05) is 30.3 Å². The monoisotopic (exact) mass is 465 g/mol. The van der Waals surface area contributed by atoms with Gasteiger partial charge >= 0.3 is 0 Å². The van der Waals surface area contributed by atoms with Crippen molar-refractivity contribution in [3.05, 3.63) is 95.6 Å². The zero-order valence-corrected chi connectivity index (χ0v) is 19.6. The molecule has 0 unspecified atom stereocenters. The molecular formula is C25H27N3O4S. The molecule has 7 nitrogen and oxygen atoms in total. The number of hydrazone groups is 1. The Hall–Kier alpha value is -3.65. The number of nitrogens with zero attached hydrogens (tertiary/aromatic N) is 2. The normalized spacial score (nSPS) is 11.5. The number of hydrogen-bond donors (Lipinski definition) is 1. The summed E-state index contributed by atoms with van der Waals surface area (Å²) in [6.45, 7) is 4.09. The SMILES string of the molecule is CC(C)Oc1ccc(/C=N/NC(=O)c2ccc(CN(c3ccccc3)S(C)(=O)=O)cc2)cc1. The molecule has 0 saturated carbocycles. The fourth-order valence-corrected chi connectivity index (χ4v) is 3.94. The van der Waals surface area contributed by atoms with Crippen molar-refractivity contribution in [2.75, 3.05) is 10.6 Å². The van der Waals surface area contributed by atoms with Gasteiger partial charge in [0.25, 0.3) is 5.91 Å². The van der Waals surface area contributed by atoms with Gasteiger partial charge in [-0.25, -0.2) is 13.8 Å². The van der Waals surface area contributed by atoms with Crippen molar-refractivity contribution < 1.29 is 17.9 Å². The molecule has 0 aliphatic carbocycles. The summed E-state index contributed by atoms with van der Waals surface area (Å²) in [4.78, 5) is 12.4. The van der Waals surface area contributed by atoms with Crippen molar-refractivity contribution >= 4 is 27.8 Å². The van der Waals surface area contributed by atoms with E-state index in [4.69, 9.17) is 4.74 Å². The van der Waals surface area contributed by atoms with E-state index >= 15 is 0 Å². The lowest BCUT2D eigenvalue weighted by Crippen LogP contribution is -2.29. The van der Waals surface area contributed by atoms with Crippen LogP contribution in [0.5, 0.6) is 5.75 Å². The van der Waals surface area contributed by atoms with Crippen molar-refractivity contribution in [1.82, 2.24) is 5.43 Å². The van der Waals surface area contributed by atoms with Crippen LogP contribution in [0.3, 0.4) is 0 Å². The number of anilines is 1. The predicted octanol–water partition coefficient (Wildman–Crippen LogP) is 4.20. The highest BCUT2D eigenvalue weighted by atomic mass is 32.2. The van der Waals surface area contributed by atoms with Gasteiger partial charge in [-0.3, -0.25) is 9.10 Å². The lowest BCUT2D eigenvalue weighted by Gasteiger charge is -2.22. The van der Waals surface area contributed by atoms with Gasteiger partial charge in [0.1, 0.15) is 5.75 Å². The molecule has 0 fully saturated rings. The van der Waals surface area contributed by atoms with Crippen LogP contribution in [0.2, 0.25) is 0 Å². The fraction of sp³-hybridized carbons (Fsp3) is 0.200. The van der Waals surface area contributed by atoms with Gasteiger partial charge in [-0.05, 0) is 73.5 Å². The van der Waals surface area contributed by atoms with E-state index in [9.17, 15) is 13.2 Å². The van der Waals surface area contributed by atoms with E-state index in [0.717, 1.165) is 16.9 Å².